The fraction of sp³-hybridized carbons (Fsp3) is 0.138. The lowest BCUT2D eigenvalue weighted by atomic mass is 9.77. The molecule has 0 spiro atoms. The number of ether oxygens (including phenoxy) is 1. The maximum Gasteiger partial charge on any atom is 0.235 e. The van der Waals surface area contributed by atoms with E-state index in [1.54, 1.807) is 53.4 Å². The van der Waals surface area contributed by atoms with Crippen LogP contribution in [0.5, 0.6) is 17.2 Å². The van der Waals surface area contributed by atoms with Crippen LogP contribution in [0.2, 0.25) is 0 Å². The Labute approximate surface area is 207 Å². The van der Waals surface area contributed by atoms with E-state index in [0.717, 1.165) is 5.56 Å². The van der Waals surface area contributed by atoms with Gasteiger partial charge in [-0.1, -0.05) is 42.5 Å². The number of halogens is 1. The highest BCUT2D eigenvalue weighted by Gasteiger charge is 2.53. The zero-order valence-electron chi connectivity index (χ0n) is 19.2. The molecule has 1 saturated heterocycles. The van der Waals surface area contributed by atoms with E-state index < -0.39 is 23.9 Å². The zero-order valence-corrected chi connectivity index (χ0v) is 19.2. The normalized spacial score (nSPS) is 17.9. The highest BCUT2D eigenvalue weighted by atomic mass is 19.1. The van der Waals surface area contributed by atoms with Crippen LogP contribution in [0.3, 0.4) is 0 Å². The van der Waals surface area contributed by atoms with Crippen LogP contribution >= 0.6 is 0 Å². The molecule has 1 amide bonds. The molecule has 0 saturated carbocycles. The summed E-state index contributed by atoms with van der Waals surface area (Å²) in [5, 5.41) is 31.7. The van der Waals surface area contributed by atoms with E-state index in [1.807, 2.05) is 24.3 Å². The number of carbonyl (C=O) groups is 1. The van der Waals surface area contributed by atoms with Gasteiger partial charge in [0.05, 0.1) is 12.0 Å². The van der Waals surface area contributed by atoms with Crippen molar-refractivity contribution in [1.29, 1.82) is 0 Å². The molecule has 1 fully saturated rings. The number of rotatable bonds is 7. The van der Waals surface area contributed by atoms with E-state index in [2.05, 4.69) is 0 Å². The van der Waals surface area contributed by atoms with Gasteiger partial charge in [0.1, 0.15) is 35.8 Å². The average molecular weight is 486 g/mol. The van der Waals surface area contributed by atoms with Gasteiger partial charge in [0.15, 0.2) is 0 Å². The van der Waals surface area contributed by atoms with Crippen LogP contribution in [0.4, 0.5) is 10.1 Å². The number of aliphatic hydroxyl groups is 1. The number of benzene rings is 4. The lowest BCUT2D eigenvalue weighted by Crippen LogP contribution is -2.60. The highest BCUT2D eigenvalue weighted by Crippen LogP contribution is 2.48. The van der Waals surface area contributed by atoms with Crippen LogP contribution in [0.25, 0.3) is 11.1 Å². The van der Waals surface area contributed by atoms with Crippen LogP contribution < -0.4 is 9.64 Å². The molecule has 5 rings (SSSR count). The second kappa shape index (κ2) is 9.71. The first-order chi connectivity index (χ1) is 17.4. The number of para-hydroxylation sites is 1. The van der Waals surface area contributed by atoms with Gasteiger partial charge in [-0.15, -0.1) is 0 Å². The predicted octanol–water partition coefficient (Wildman–Crippen LogP) is 5.05. The largest absolute Gasteiger partial charge is 0.508 e. The molecule has 7 heteroatoms. The van der Waals surface area contributed by atoms with Crippen LogP contribution in [0.1, 0.15) is 11.6 Å². The molecule has 4 aromatic rings. The van der Waals surface area contributed by atoms with Gasteiger partial charge < -0.3 is 25.0 Å². The SMILES string of the molecule is O=C1C(C(O)COc2ccc(F)cc2)C(c2ccc(-c3cccc(O)c3)cc2O)N1c1ccccc1. The number of carbonyl (C=O) groups excluding carboxylic acids is 1. The molecule has 0 bridgehead atoms. The van der Waals surface area contributed by atoms with Gasteiger partial charge in [-0.3, -0.25) is 4.79 Å². The van der Waals surface area contributed by atoms with Gasteiger partial charge in [-0.25, -0.2) is 4.39 Å². The van der Waals surface area contributed by atoms with Gasteiger partial charge in [0, 0.05) is 11.3 Å². The molecular weight excluding hydrogens is 461 g/mol. The minimum absolute atomic E-state index is 0.0362. The Hall–Kier alpha value is -4.36. The van der Waals surface area contributed by atoms with Crippen molar-refractivity contribution >= 4 is 11.6 Å². The van der Waals surface area contributed by atoms with Crippen molar-refractivity contribution in [3.05, 3.63) is 108 Å². The summed E-state index contributed by atoms with van der Waals surface area (Å²) in [6.07, 6.45) is -1.17. The summed E-state index contributed by atoms with van der Waals surface area (Å²) in [6.45, 7) is -0.177. The third kappa shape index (κ3) is 4.48. The molecule has 1 aliphatic rings. The monoisotopic (exact) mass is 485 g/mol. The summed E-state index contributed by atoms with van der Waals surface area (Å²) < 4.78 is 18.8. The molecule has 6 nitrogen and oxygen atoms in total. The Morgan fingerprint density at radius 1 is 0.861 bits per heavy atom. The molecule has 4 aromatic carbocycles. The van der Waals surface area contributed by atoms with E-state index in [9.17, 15) is 24.5 Å². The van der Waals surface area contributed by atoms with Crippen molar-refractivity contribution in [2.75, 3.05) is 11.5 Å². The highest BCUT2D eigenvalue weighted by molar-refractivity contribution is 6.04. The van der Waals surface area contributed by atoms with Crippen LogP contribution in [0, 0.1) is 11.7 Å². The Morgan fingerprint density at radius 3 is 2.28 bits per heavy atom. The number of hydrogen-bond donors (Lipinski definition) is 3. The summed E-state index contributed by atoms with van der Waals surface area (Å²) in [4.78, 5) is 14.8. The number of nitrogens with zero attached hydrogens (tertiary/aromatic N) is 1. The number of aliphatic hydroxyl groups excluding tert-OH is 1. The molecule has 0 aromatic heterocycles. The van der Waals surface area contributed by atoms with Crippen LogP contribution in [0.15, 0.2) is 97.1 Å². The number of phenolic OH excluding ortho intramolecular Hbond substituents is 2. The molecular formula is C29H24FNO5. The Balaban J connectivity index is 1.45. The minimum Gasteiger partial charge on any atom is -0.508 e. The second-order valence-corrected chi connectivity index (χ2v) is 8.67. The first kappa shape index (κ1) is 23.4. The average Bonchev–Trinajstić information content (AvgIpc) is 2.88. The molecule has 3 atom stereocenters. The van der Waals surface area contributed by atoms with Crippen molar-refractivity contribution in [3.8, 4) is 28.4 Å². The molecule has 0 aliphatic carbocycles. The van der Waals surface area contributed by atoms with Gasteiger partial charge in [0.2, 0.25) is 5.91 Å². The van der Waals surface area contributed by atoms with Crippen molar-refractivity contribution < 1.29 is 29.2 Å². The van der Waals surface area contributed by atoms with Gasteiger partial charge in [-0.2, -0.15) is 0 Å². The summed E-state index contributed by atoms with van der Waals surface area (Å²) in [6, 6.07) is 25.6. The third-order valence-corrected chi connectivity index (χ3v) is 6.35. The van der Waals surface area contributed by atoms with Crippen LogP contribution in [-0.4, -0.2) is 33.9 Å². The fourth-order valence-corrected chi connectivity index (χ4v) is 4.57. The summed E-state index contributed by atoms with van der Waals surface area (Å²) in [5.74, 6) is -1.11. The summed E-state index contributed by atoms with van der Waals surface area (Å²) >= 11 is 0. The molecule has 3 N–H and O–H groups in total. The lowest BCUT2D eigenvalue weighted by Gasteiger charge is -2.49. The van der Waals surface area contributed by atoms with Crippen molar-refractivity contribution in [2.45, 2.75) is 12.1 Å². The van der Waals surface area contributed by atoms with E-state index >= 15 is 0 Å². The predicted molar refractivity (Wildman–Crippen MR) is 133 cm³/mol. The molecule has 1 heterocycles. The Morgan fingerprint density at radius 2 is 1.58 bits per heavy atom. The quantitative estimate of drug-likeness (QED) is 0.319. The molecule has 1 aliphatic heterocycles. The summed E-state index contributed by atoms with van der Waals surface area (Å²) in [5.41, 5.74) is 2.55. The lowest BCUT2D eigenvalue weighted by molar-refractivity contribution is -0.137. The maximum absolute atomic E-state index is 13.2. The smallest absolute Gasteiger partial charge is 0.235 e. The van der Waals surface area contributed by atoms with E-state index in [-0.39, 0.29) is 24.0 Å². The van der Waals surface area contributed by atoms with Crippen molar-refractivity contribution in [3.63, 3.8) is 0 Å². The number of aromatic hydroxyl groups is 2. The maximum atomic E-state index is 13.2. The number of anilines is 1. The number of β-lactam (4-membered cyclic amide) rings is 1. The first-order valence-corrected chi connectivity index (χ1v) is 11.5. The van der Waals surface area contributed by atoms with Crippen molar-refractivity contribution in [1.82, 2.24) is 0 Å². The second-order valence-electron chi connectivity index (χ2n) is 8.67. The minimum atomic E-state index is -1.17. The third-order valence-electron chi connectivity index (χ3n) is 6.35. The number of amides is 1. The Bertz CT molecular complexity index is 1380. The summed E-state index contributed by atoms with van der Waals surface area (Å²) in [7, 11) is 0. The Kier molecular flexibility index (Phi) is 6.31. The zero-order chi connectivity index (χ0) is 25.2. The van der Waals surface area contributed by atoms with Crippen molar-refractivity contribution in [2.24, 2.45) is 5.92 Å². The first-order valence-electron chi connectivity index (χ1n) is 11.5. The standard InChI is InChI=1S/C29H24FNO5/c30-20-10-12-23(13-11-20)36-17-26(34)27-28(31(29(27)35)21-6-2-1-3-7-21)24-14-9-19(16-25(24)33)18-5-4-8-22(32)15-18/h1-16,26-28,32-34H,17H2. The van der Waals surface area contributed by atoms with Crippen LogP contribution in [-0.2, 0) is 4.79 Å². The molecule has 182 valence electrons. The van der Waals surface area contributed by atoms with E-state index in [4.69, 9.17) is 4.74 Å². The number of hydrogen-bond acceptors (Lipinski definition) is 5. The fourth-order valence-electron chi connectivity index (χ4n) is 4.57. The molecule has 0 radical (unpaired) electrons. The van der Waals surface area contributed by atoms with E-state index in [1.165, 1.54) is 24.3 Å². The van der Waals surface area contributed by atoms with E-state index in [0.29, 0.717) is 22.6 Å². The van der Waals surface area contributed by atoms with Gasteiger partial charge in [0.25, 0.3) is 0 Å². The van der Waals surface area contributed by atoms with Gasteiger partial charge >= 0.3 is 0 Å². The molecule has 36 heavy (non-hydrogen) atoms. The van der Waals surface area contributed by atoms with Gasteiger partial charge in [-0.05, 0) is 65.7 Å². The molecule has 3 unspecified atom stereocenters. The number of phenols is 2. The topological polar surface area (TPSA) is 90.2 Å².